The van der Waals surface area contributed by atoms with Crippen LogP contribution in [0.15, 0.2) is 0 Å². The molecule has 0 spiro atoms. The summed E-state index contributed by atoms with van der Waals surface area (Å²) >= 11 is 0. The van der Waals surface area contributed by atoms with Crippen molar-refractivity contribution in [1.82, 2.24) is 16.0 Å². The van der Waals surface area contributed by atoms with Gasteiger partial charge in [0.05, 0.1) is 19.1 Å². The number of hydrogen-bond acceptors (Lipinski definition) is 4. The van der Waals surface area contributed by atoms with Crippen molar-refractivity contribution in [3.05, 3.63) is 0 Å². The van der Waals surface area contributed by atoms with E-state index < -0.39 is 6.04 Å². The number of carbonyl (C=O) groups is 2. The summed E-state index contributed by atoms with van der Waals surface area (Å²) in [5.74, 6) is -0.246. The highest BCUT2D eigenvalue weighted by Gasteiger charge is 2.23. The summed E-state index contributed by atoms with van der Waals surface area (Å²) in [6.07, 6.45) is 0.176. The van der Waals surface area contributed by atoms with Gasteiger partial charge < -0.3 is 20.7 Å². The van der Waals surface area contributed by atoms with Crippen LogP contribution in [0.2, 0.25) is 0 Å². The third kappa shape index (κ3) is 4.26. The first-order valence-electron chi connectivity index (χ1n) is 5.00. The van der Waals surface area contributed by atoms with Gasteiger partial charge in [-0.3, -0.25) is 9.59 Å². The first kappa shape index (κ1) is 11.9. The van der Waals surface area contributed by atoms with Gasteiger partial charge in [0.1, 0.15) is 0 Å². The Morgan fingerprint density at radius 1 is 1.60 bits per heavy atom. The van der Waals surface area contributed by atoms with Gasteiger partial charge in [-0.25, -0.2) is 0 Å². The monoisotopic (exact) mass is 215 g/mol. The van der Waals surface area contributed by atoms with Crippen molar-refractivity contribution in [3.8, 4) is 0 Å². The highest BCUT2D eigenvalue weighted by Crippen LogP contribution is 1.95. The summed E-state index contributed by atoms with van der Waals surface area (Å²) in [4.78, 5) is 22.6. The van der Waals surface area contributed by atoms with Crippen LogP contribution in [0.5, 0.6) is 0 Å². The van der Waals surface area contributed by atoms with Crippen molar-refractivity contribution in [1.29, 1.82) is 0 Å². The van der Waals surface area contributed by atoms with Gasteiger partial charge in [-0.2, -0.15) is 0 Å². The van der Waals surface area contributed by atoms with E-state index in [0.29, 0.717) is 26.2 Å². The predicted molar refractivity (Wildman–Crippen MR) is 54.3 cm³/mol. The molecule has 1 rings (SSSR count). The second kappa shape index (κ2) is 6.36. The highest BCUT2D eigenvalue weighted by atomic mass is 16.5. The Balaban J connectivity index is 2.21. The van der Waals surface area contributed by atoms with Crippen LogP contribution in [0.1, 0.15) is 6.42 Å². The van der Waals surface area contributed by atoms with Crippen LogP contribution in [0.4, 0.5) is 0 Å². The zero-order valence-corrected chi connectivity index (χ0v) is 8.84. The molecular weight excluding hydrogens is 198 g/mol. The van der Waals surface area contributed by atoms with Crippen LogP contribution in [0.25, 0.3) is 0 Å². The van der Waals surface area contributed by atoms with Crippen molar-refractivity contribution in [2.45, 2.75) is 12.5 Å². The smallest absolute Gasteiger partial charge is 0.237 e. The Hall–Kier alpha value is -1.14. The lowest BCUT2D eigenvalue weighted by Gasteiger charge is -2.22. The number of piperazine rings is 1. The fourth-order valence-corrected chi connectivity index (χ4v) is 1.36. The zero-order valence-electron chi connectivity index (χ0n) is 8.84. The molecule has 1 unspecified atom stereocenters. The molecule has 6 heteroatoms. The highest BCUT2D eigenvalue weighted by molar-refractivity contribution is 5.88. The minimum absolute atomic E-state index is 0.108. The van der Waals surface area contributed by atoms with E-state index in [9.17, 15) is 9.59 Å². The Kier molecular flexibility index (Phi) is 5.06. The Morgan fingerprint density at radius 3 is 3.07 bits per heavy atom. The number of nitrogens with one attached hydrogen (secondary N) is 3. The van der Waals surface area contributed by atoms with E-state index in [1.807, 2.05) is 0 Å². The van der Waals surface area contributed by atoms with Gasteiger partial charge >= 0.3 is 0 Å². The number of methoxy groups -OCH3 is 1. The van der Waals surface area contributed by atoms with Crippen molar-refractivity contribution in [3.63, 3.8) is 0 Å². The fraction of sp³-hybridized carbons (Fsp3) is 0.778. The molecule has 1 saturated heterocycles. The molecule has 86 valence electrons. The van der Waals surface area contributed by atoms with Gasteiger partial charge in [-0.1, -0.05) is 0 Å². The molecule has 1 aliphatic rings. The van der Waals surface area contributed by atoms with Crippen molar-refractivity contribution in [2.75, 3.05) is 33.4 Å². The summed E-state index contributed by atoms with van der Waals surface area (Å²) in [5, 5.41) is 8.35. The number of carbonyl (C=O) groups excluding carboxylic acids is 2. The molecule has 0 aliphatic carbocycles. The summed E-state index contributed by atoms with van der Waals surface area (Å²) in [7, 11) is 1.57. The van der Waals surface area contributed by atoms with Crippen molar-refractivity contribution < 1.29 is 14.3 Å². The maximum absolute atomic E-state index is 11.3. The molecule has 0 aromatic rings. The second-order valence-corrected chi connectivity index (χ2v) is 3.34. The lowest BCUT2D eigenvalue weighted by Crippen LogP contribution is -2.54. The topological polar surface area (TPSA) is 79.5 Å². The minimum atomic E-state index is -0.402. The van der Waals surface area contributed by atoms with Gasteiger partial charge in [0.25, 0.3) is 0 Å². The molecule has 15 heavy (non-hydrogen) atoms. The first-order chi connectivity index (χ1) is 7.24. The Morgan fingerprint density at radius 2 is 2.40 bits per heavy atom. The SMILES string of the molecule is COCCNC(=O)CC1NCCNC1=O. The van der Waals surface area contributed by atoms with Gasteiger partial charge in [0.2, 0.25) is 11.8 Å². The first-order valence-corrected chi connectivity index (χ1v) is 5.00. The normalized spacial score (nSPS) is 20.9. The maximum Gasteiger partial charge on any atom is 0.237 e. The number of hydrogen-bond donors (Lipinski definition) is 3. The summed E-state index contributed by atoms with van der Waals surface area (Å²) in [6.45, 7) is 2.29. The van der Waals surface area contributed by atoms with Crippen LogP contribution >= 0.6 is 0 Å². The number of amides is 2. The molecule has 2 amide bonds. The van der Waals surface area contributed by atoms with Crippen LogP contribution in [0, 0.1) is 0 Å². The van der Waals surface area contributed by atoms with E-state index in [4.69, 9.17) is 4.74 Å². The molecule has 1 heterocycles. The minimum Gasteiger partial charge on any atom is -0.383 e. The van der Waals surface area contributed by atoms with Crippen LogP contribution in [0.3, 0.4) is 0 Å². The zero-order chi connectivity index (χ0) is 11.1. The molecule has 0 aromatic heterocycles. The standard InChI is InChI=1S/C9H17N3O3/c1-15-5-4-11-8(13)6-7-9(14)12-3-2-10-7/h7,10H,2-6H2,1H3,(H,11,13)(H,12,14). The summed E-state index contributed by atoms with van der Waals surface area (Å²) in [5.41, 5.74) is 0. The third-order valence-corrected chi connectivity index (χ3v) is 2.15. The maximum atomic E-state index is 11.3. The van der Waals surface area contributed by atoms with E-state index in [-0.39, 0.29) is 18.2 Å². The molecule has 0 aromatic carbocycles. The summed E-state index contributed by atoms with van der Waals surface area (Å²) in [6, 6.07) is -0.402. The number of rotatable bonds is 5. The molecule has 0 radical (unpaired) electrons. The largest absolute Gasteiger partial charge is 0.383 e. The third-order valence-electron chi connectivity index (χ3n) is 2.15. The number of ether oxygens (including phenoxy) is 1. The van der Waals surface area contributed by atoms with Gasteiger partial charge in [-0.05, 0) is 0 Å². The van der Waals surface area contributed by atoms with E-state index in [1.54, 1.807) is 7.11 Å². The molecule has 6 nitrogen and oxygen atoms in total. The van der Waals surface area contributed by atoms with Gasteiger partial charge in [-0.15, -0.1) is 0 Å². The van der Waals surface area contributed by atoms with E-state index in [1.165, 1.54) is 0 Å². The fourth-order valence-electron chi connectivity index (χ4n) is 1.36. The van der Waals surface area contributed by atoms with Crippen LogP contribution < -0.4 is 16.0 Å². The quantitative estimate of drug-likeness (QED) is 0.474. The van der Waals surface area contributed by atoms with E-state index >= 15 is 0 Å². The van der Waals surface area contributed by atoms with Crippen LogP contribution in [-0.2, 0) is 14.3 Å². The molecule has 3 N–H and O–H groups in total. The molecule has 0 bridgehead atoms. The van der Waals surface area contributed by atoms with Crippen LogP contribution in [-0.4, -0.2) is 51.2 Å². The average Bonchev–Trinajstić information content (AvgIpc) is 2.22. The second-order valence-electron chi connectivity index (χ2n) is 3.34. The molecule has 1 aliphatic heterocycles. The van der Waals surface area contributed by atoms with Gasteiger partial charge in [0.15, 0.2) is 0 Å². The molecule has 1 fully saturated rings. The van der Waals surface area contributed by atoms with Gasteiger partial charge in [0, 0.05) is 26.7 Å². The molecular formula is C9H17N3O3. The lowest BCUT2D eigenvalue weighted by atomic mass is 10.1. The average molecular weight is 215 g/mol. The molecule has 1 atom stereocenters. The predicted octanol–water partition coefficient (Wildman–Crippen LogP) is -1.77. The Labute approximate surface area is 88.7 Å². The van der Waals surface area contributed by atoms with Crippen molar-refractivity contribution >= 4 is 11.8 Å². The summed E-state index contributed by atoms with van der Waals surface area (Å²) < 4.78 is 4.79. The van der Waals surface area contributed by atoms with E-state index in [2.05, 4.69) is 16.0 Å². The lowest BCUT2D eigenvalue weighted by molar-refractivity contribution is -0.129. The molecule has 0 saturated carbocycles. The van der Waals surface area contributed by atoms with Crippen molar-refractivity contribution in [2.24, 2.45) is 0 Å². The Bertz CT molecular complexity index is 233. The van der Waals surface area contributed by atoms with E-state index in [0.717, 1.165) is 0 Å².